The number of nitrogens with one attached hydrogen (secondary N) is 1. The number of aliphatic imine (C=N–C) groups is 1. The summed E-state index contributed by atoms with van der Waals surface area (Å²) in [7, 11) is 0. The summed E-state index contributed by atoms with van der Waals surface area (Å²) in [6.45, 7) is 5.43. The van der Waals surface area contributed by atoms with Gasteiger partial charge in [-0.3, -0.25) is 10.3 Å². The fraction of sp³-hybridized carbons (Fsp3) is 0.438. The molecule has 0 saturated carbocycles. The number of nitrogens with zero attached hydrogens (tertiary/aromatic N) is 3. The molecule has 6 heteroatoms. The van der Waals surface area contributed by atoms with Gasteiger partial charge in [0.2, 0.25) is 0 Å². The first-order valence-corrected chi connectivity index (χ1v) is 7.05. The molecule has 22 heavy (non-hydrogen) atoms. The lowest BCUT2D eigenvalue weighted by atomic mass is 9.86. The molecule has 1 heterocycles. The van der Waals surface area contributed by atoms with Crippen LogP contribution in [-0.2, 0) is 0 Å². The predicted molar refractivity (Wildman–Crippen MR) is 81.1 cm³/mol. The summed E-state index contributed by atoms with van der Waals surface area (Å²) < 4.78 is 5.82. The normalized spacial score (nSPS) is 22.7. The summed E-state index contributed by atoms with van der Waals surface area (Å²) in [5.74, 6) is 1.08. The van der Waals surface area contributed by atoms with Crippen LogP contribution >= 0.6 is 0 Å². The molecule has 0 amide bonds. The van der Waals surface area contributed by atoms with Crippen LogP contribution in [0, 0.1) is 22.8 Å². The maximum atomic E-state index is 10.6. The van der Waals surface area contributed by atoms with Gasteiger partial charge in [0.1, 0.15) is 29.3 Å². The van der Waals surface area contributed by atoms with Crippen LogP contribution < -0.4 is 10.1 Å². The fourth-order valence-corrected chi connectivity index (χ4v) is 2.42. The van der Waals surface area contributed by atoms with Crippen molar-refractivity contribution in [2.24, 2.45) is 4.99 Å². The van der Waals surface area contributed by atoms with Gasteiger partial charge in [-0.15, -0.1) is 0 Å². The second-order valence-electron chi connectivity index (χ2n) is 5.63. The van der Waals surface area contributed by atoms with Crippen molar-refractivity contribution in [3.63, 3.8) is 0 Å². The molecule has 6 nitrogen and oxygen atoms in total. The Morgan fingerprint density at radius 3 is 2.77 bits per heavy atom. The van der Waals surface area contributed by atoms with Gasteiger partial charge in [0.15, 0.2) is 6.19 Å². The number of fused-ring (bicyclic) bond motifs is 1. The van der Waals surface area contributed by atoms with Gasteiger partial charge < -0.3 is 9.84 Å². The Kier molecular flexibility index (Phi) is 4.35. The number of nitriles is 2. The Morgan fingerprint density at radius 1 is 1.45 bits per heavy atom. The molecule has 1 aromatic carbocycles. The molecule has 2 rings (SSSR count). The molecule has 0 spiro atoms. The average molecular weight is 298 g/mol. The monoisotopic (exact) mass is 298 g/mol. The van der Waals surface area contributed by atoms with Gasteiger partial charge in [-0.1, -0.05) is 6.92 Å². The van der Waals surface area contributed by atoms with Crippen molar-refractivity contribution in [3.05, 3.63) is 29.3 Å². The number of aliphatic hydroxyl groups excluding tert-OH is 1. The lowest BCUT2D eigenvalue weighted by Gasteiger charge is -2.40. The van der Waals surface area contributed by atoms with Gasteiger partial charge in [0.25, 0.3) is 0 Å². The van der Waals surface area contributed by atoms with E-state index < -0.39 is 17.7 Å². The summed E-state index contributed by atoms with van der Waals surface area (Å²) in [6.07, 6.45) is 1.48. The largest absolute Gasteiger partial charge is 0.485 e. The van der Waals surface area contributed by atoms with Gasteiger partial charge in [-0.2, -0.15) is 10.5 Å². The zero-order chi connectivity index (χ0) is 16.3. The number of rotatable bonds is 2. The quantitative estimate of drug-likeness (QED) is 0.376. The lowest BCUT2D eigenvalue weighted by molar-refractivity contribution is -0.0567. The average Bonchev–Trinajstić information content (AvgIpc) is 2.50. The van der Waals surface area contributed by atoms with E-state index in [0.29, 0.717) is 29.1 Å². The van der Waals surface area contributed by atoms with Crippen molar-refractivity contribution < 1.29 is 9.84 Å². The Morgan fingerprint density at radius 2 is 2.18 bits per heavy atom. The number of amidine groups is 1. The Hall–Kier alpha value is -2.57. The molecule has 1 aliphatic heterocycles. The second kappa shape index (κ2) is 6.05. The predicted octanol–water partition coefficient (Wildman–Crippen LogP) is 2.01. The molecule has 0 aromatic heterocycles. The number of hydrogen-bond donors (Lipinski definition) is 2. The van der Waals surface area contributed by atoms with Crippen LogP contribution in [0.5, 0.6) is 5.75 Å². The molecule has 114 valence electrons. The van der Waals surface area contributed by atoms with E-state index in [4.69, 9.17) is 15.3 Å². The van der Waals surface area contributed by atoms with Crippen LogP contribution in [0.15, 0.2) is 23.2 Å². The van der Waals surface area contributed by atoms with E-state index in [1.54, 1.807) is 32.0 Å². The standard InChI is InChI=1S/C16H18N4O2/c1-4-13(19-9-18)20-14-11-7-10(8-17)5-6-12(11)22-16(2,3)15(14)21/h5-7,14-15,21H,4H2,1-3H3,(H,19,20). The number of benzene rings is 1. The SMILES string of the molecule is CCC(=NC1c2cc(C#N)ccc2OC(C)(C)C1O)NC#N. The van der Waals surface area contributed by atoms with E-state index in [-0.39, 0.29) is 0 Å². The zero-order valence-corrected chi connectivity index (χ0v) is 12.8. The third kappa shape index (κ3) is 2.88. The van der Waals surface area contributed by atoms with Crippen LogP contribution in [0.25, 0.3) is 0 Å². The van der Waals surface area contributed by atoms with Crippen molar-refractivity contribution in [2.75, 3.05) is 0 Å². The molecule has 0 saturated heterocycles. The van der Waals surface area contributed by atoms with Crippen molar-refractivity contribution in [3.8, 4) is 18.0 Å². The third-order valence-corrected chi connectivity index (χ3v) is 3.67. The minimum atomic E-state index is -0.893. The summed E-state index contributed by atoms with van der Waals surface area (Å²) in [5.41, 5.74) is 0.304. The Labute approximate surface area is 129 Å². The van der Waals surface area contributed by atoms with Gasteiger partial charge >= 0.3 is 0 Å². The molecule has 0 fully saturated rings. The molecule has 2 unspecified atom stereocenters. The number of ether oxygens (including phenoxy) is 1. The zero-order valence-electron chi connectivity index (χ0n) is 12.8. The molecule has 1 aliphatic rings. The van der Waals surface area contributed by atoms with Gasteiger partial charge in [0.05, 0.1) is 11.6 Å². The van der Waals surface area contributed by atoms with Crippen LogP contribution in [0.4, 0.5) is 0 Å². The summed E-state index contributed by atoms with van der Waals surface area (Å²) in [4.78, 5) is 4.48. The van der Waals surface area contributed by atoms with Crippen molar-refractivity contribution in [1.29, 1.82) is 10.5 Å². The van der Waals surface area contributed by atoms with Crippen LogP contribution in [-0.4, -0.2) is 22.6 Å². The summed E-state index contributed by atoms with van der Waals surface area (Å²) >= 11 is 0. The van der Waals surface area contributed by atoms with Gasteiger partial charge in [0, 0.05) is 12.0 Å². The fourth-order valence-electron chi connectivity index (χ4n) is 2.42. The first-order valence-electron chi connectivity index (χ1n) is 7.05. The summed E-state index contributed by atoms with van der Waals surface area (Å²) in [6, 6.07) is 6.53. The Balaban J connectivity index is 2.56. The van der Waals surface area contributed by atoms with Crippen molar-refractivity contribution >= 4 is 5.84 Å². The highest BCUT2D eigenvalue weighted by Gasteiger charge is 2.43. The van der Waals surface area contributed by atoms with Crippen molar-refractivity contribution in [1.82, 2.24) is 5.32 Å². The lowest BCUT2D eigenvalue weighted by Crippen LogP contribution is -2.48. The molecule has 0 radical (unpaired) electrons. The highest BCUT2D eigenvalue weighted by atomic mass is 16.5. The Bertz CT molecular complexity index is 682. The van der Waals surface area contributed by atoms with E-state index in [1.807, 2.05) is 13.1 Å². The number of hydrogen-bond acceptors (Lipinski definition) is 5. The molecular weight excluding hydrogens is 280 g/mol. The van der Waals surface area contributed by atoms with E-state index in [2.05, 4.69) is 16.4 Å². The van der Waals surface area contributed by atoms with E-state index in [1.165, 1.54) is 0 Å². The number of aliphatic hydroxyl groups is 1. The molecule has 2 atom stereocenters. The first-order chi connectivity index (χ1) is 10.4. The molecular formula is C16H18N4O2. The highest BCUT2D eigenvalue weighted by Crippen LogP contribution is 2.42. The maximum Gasteiger partial charge on any atom is 0.182 e. The third-order valence-electron chi connectivity index (χ3n) is 3.67. The molecule has 0 bridgehead atoms. The van der Waals surface area contributed by atoms with Crippen molar-refractivity contribution in [2.45, 2.75) is 44.9 Å². The first kappa shape index (κ1) is 15.8. The summed E-state index contributed by atoms with van der Waals surface area (Å²) in [5, 5.41) is 31.0. The molecule has 1 aromatic rings. The highest BCUT2D eigenvalue weighted by molar-refractivity contribution is 5.83. The topological polar surface area (TPSA) is 101 Å². The molecule has 2 N–H and O–H groups in total. The van der Waals surface area contributed by atoms with Gasteiger partial charge in [-0.25, -0.2) is 0 Å². The van der Waals surface area contributed by atoms with Gasteiger partial charge in [-0.05, 0) is 32.0 Å². The minimum absolute atomic E-state index is 0.473. The smallest absolute Gasteiger partial charge is 0.182 e. The van der Waals surface area contributed by atoms with E-state index >= 15 is 0 Å². The van der Waals surface area contributed by atoms with Crippen LogP contribution in [0.3, 0.4) is 0 Å². The minimum Gasteiger partial charge on any atom is -0.485 e. The van der Waals surface area contributed by atoms with E-state index in [9.17, 15) is 5.11 Å². The maximum absolute atomic E-state index is 10.6. The molecule has 0 aliphatic carbocycles. The van der Waals surface area contributed by atoms with Crippen LogP contribution in [0.2, 0.25) is 0 Å². The van der Waals surface area contributed by atoms with E-state index in [0.717, 1.165) is 0 Å². The second-order valence-corrected chi connectivity index (χ2v) is 5.63. The van der Waals surface area contributed by atoms with Crippen LogP contribution in [0.1, 0.15) is 44.4 Å².